The van der Waals surface area contributed by atoms with Crippen molar-refractivity contribution in [2.24, 2.45) is 0 Å². The van der Waals surface area contributed by atoms with Crippen molar-refractivity contribution >= 4 is 11.6 Å². The van der Waals surface area contributed by atoms with Crippen LogP contribution < -0.4 is 5.32 Å². The lowest BCUT2D eigenvalue weighted by molar-refractivity contribution is 0.762. The minimum absolute atomic E-state index is 1.09. The molecular formula is C5H14ClN. The molecule has 0 aliphatic heterocycles. The van der Waals surface area contributed by atoms with Gasteiger partial charge in [-0.25, -0.2) is 0 Å². The van der Waals surface area contributed by atoms with Gasteiger partial charge in [0.1, 0.15) is 0 Å². The molecule has 0 heterocycles. The van der Waals surface area contributed by atoms with Gasteiger partial charge in [-0.3, -0.25) is 0 Å². The normalized spacial score (nSPS) is 6.86. The molecule has 0 aliphatic carbocycles. The summed E-state index contributed by atoms with van der Waals surface area (Å²) in [4.78, 5) is 0. The lowest BCUT2D eigenvalue weighted by atomic mass is 10.7. The quantitative estimate of drug-likeness (QED) is 0.549. The maximum atomic E-state index is 4.64. The Bertz CT molecular complexity index is 15.6. The first-order chi connectivity index (χ1) is 3.41. The average molecular weight is 124 g/mol. The van der Waals surface area contributed by atoms with Gasteiger partial charge >= 0.3 is 0 Å². The van der Waals surface area contributed by atoms with E-state index in [1.54, 1.807) is 0 Å². The van der Waals surface area contributed by atoms with Crippen LogP contribution >= 0.6 is 11.6 Å². The molecule has 1 nitrogen and oxygen atoms in total. The molecule has 0 rings (SSSR count). The Morgan fingerprint density at radius 2 is 1.43 bits per heavy atom. The minimum Gasteiger partial charge on any atom is -0.317 e. The van der Waals surface area contributed by atoms with E-state index in [4.69, 9.17) is 0 Å². The van der Waals surface area contributed by atoms with Crippen molar-refractivity contribution in [2.75, 3.05) is 19.5 Å². The Hall–Kier alpha value is 0.250. The van der Waals surface area contributed by atoms with Gasteiger partial charge in [0, 0.05) is 6.38 Å². The van der Waals surface area contributed by atoms with Crippen molar-refractivity contribution in [3.05, 3.63) is 0 Å². The van der Waals surface area contributed by atoms with Crippen LogP contribution in [-0.2, 0) is 0 Å². The zero-order chi connectivity index (χ0) is 6.12. The van der Waals surface area contributed by atoms with Gasteiger partial charge in [-0.05, 0) is 13.1 Å². The number of hydrogen-bond acceptors (Lipinski definition) is 1. The van der Waals surface area contributed by atoms with Crippen molar-refractivity contribution in [1.29, 1.82) is 0 Å². The third-order valence-corrected chi connectivity index (χ3v) is 0.500. The molecule has 0 amide bonds. The predicted molar refractivity (Wildman–Crippen MR) is 36.0 cm³/mol. The molecule has 0 aromatic heterocycles. The van der Waals surface area contributed by atoms with Gasteiger partial charge in [0.2, 0.25) is 0 Å². The van der Waals surface area contributed by atoms with Gasteiger partial charge in [-0.2, -0.15) is 0 Å². The van der Waals surface area contributed by atoms with Crippen LogP contribution in [0.5, 0.6) is 0 Å². The second kappa shape index (κ2) is 16.3. The Labute approximate surface area is 51.1 Å². The van der Waals surface area contributed by atoms with Gasteiger partial charge in [0.25, 0.3) is 0 Å². The van der Waals surface area contributed by atoms with Gasteiger partial charge in [0.15, 0.2) is 0 Å². The molecule has 46 valence electrons. The summed E-state index contributed by atoms with van der Waals surface area (Å²) in [5.74, 6) is 0. The van der Waals surface area contributed by atoms with E-state index in [0.717, 1.165) is 13.1 Å². The van der Waals surface area contributed by atoms with E-state index in [0.29, 0.717) is 0 Å². The highest BCUT2D eigenvalue weighted by atomic mass is 35.5. The zero-order valence-electron chi connectivity index (χ0n) is 5.29. The van der Waals surface area contributed by atoms with E-state index in [1.807, 2.05) is 0 Å². The smallest absolute Gasteiger partial charge is 0.0108 e. The summed E-state index contributed by atoms with van der Waals surface area (Å²) in [6.07, 6.45) is 1.47. The number of halogens is 1. The van der Waals surface area contributed by atoms with E-state index in [1.165, 1.54) is 6.38 Å². The molecule has 2 heteroatoms. The fourth-order valence-electron chi connectivity index (χ4n) is 0.250. The lowest BCUT2D eigenvalue weighted by Gasteiger charge is -1.86. The molecule has 0 fully saturated rings. The Balaban J connectivity index is 0. The molecular weight excluding hydrogens is 110 g/mol. The van der Waals surface area contributed by atoms with Crippen molar-refractivity contribution in [3.63, 3.8) is 0 Å². The third-order valence-electron chi connectivity index (χ3n) is 0.500. The zero-order valence-corrected chi connectivity index (χ0v) is 6.05. The van der Waals surface area contributed by atoms with E-state index in [-0.39, 0.29) is 0 Å². The highest BCUT2D eigenvalue weighted by molar-refractivity contribution is 6.15. The molecule has 0 saturated heterocycles. The Kier molecular flexibility index (Phi) is 23.9. The monoisotopic (exact) mass is 123 g/mol. The lowest BCUT2D eigenvalue weighted by Crippen LogP contribution is -2.09. The summed E-state index contributed by atoms with van der Waals surface area (Å²) < 4.78 is 0. The van der Waals surface area contributed by atoms with Gasteiger partial charge in [0.05, 0.1) is 0 Å². The number of nitrogens with one attached hydrogen (secondary N) is 1. The molecule has 0 radical (unpaired) electrons. The molecule has 0 aromatic carbocycles. The summed E-state index contributed by atoms with van der Waals surface area (Å²) in [7, 11) is 0. The minimum atomic E-state index is 1.09. The van der Waals surface area contributed by atoms with Crippen LogP contribution in [0.3, 0.4) is 0 Å². The van der Waals surface area contributed by atoms with Crippen LogP contribution in [0.4, 0.5) is 0 Å². The molecule has 0 aliphatic rings. The number of rotatable bonds is 2. The molecule has 7 heavy (non-hydrogen) atoms. The van der Waals surface area contributed by atoms with Crippen molar-refractivity contribution < 1.29 is 0 Å². The second-order valence-corrected chi connectivity index (χ2v) is 0.957. The van der Waals surface area contributed by atoms with E-state index < -0.39 is 0 Å². The summed E-state index contributed by atoms with van der Waals surface area (Å²) in [6.45, 7) is 6.39. The van der Waals surface area contributed by atoms with E-state index in [9.17, 15) is 0 Å². The molecule has 0 unspecified atom stereocenters. The van der Waals surface area contributed by atoms with Crippen LogP contribution in [0.1, 0.15) is 13.8 Å². The fourth-order valence-corrected chi connectivity index (χ4v) is 0.250. The molecule has 0 saturated carbocycles. The maximum Gasteiger partial charge on any atom is 0.0108 e. The molecule has 0 atom stereocenters. The highest BCUT2D eigenvalue weighted by Crippen LogP contribution is 1.47. The van der Waals surface area contributed by atoms with Crippen molar-refractivity contribution in [1.82, 2.24) is 5.32 Å². The maximum absolute atomic E-state index is 4.64. The van der Waals surface area contributed by atoms with Crippen LogP contribution in [0.15, 0.2) is 0 Å². The molecule has 0 aromatic rings. The molecule has 0 spiro atoms. The fraction of sp³-hybridized carbons (Fsp3) is 1.00. The first kappa shape index (κ1) is 10.3. The summed E-state index contributed by atoms with van der Waals surface area (Å²) in [5, 5.41) is 3.11. The SMILES string of the molecule is CCNCC.CCl. The summed E-state index contributed by atoms with van der Waals surface area (Å²) in [6, 6.07) is 0. The first-order valence-electron chi connectivity index (χ1n) is 2.50. The van der Waals surface area contributed by atoms with Crippen LogP contribution in [0.25, 0.3) is 0 Å². The standard InChI is InChI=1S/C4H11N.CH3Cl/c1-3-5-4-2;1-2/h5H,3-4H2,1-2H3;1H3. The third kappa shape index (κ3) is 22.3. The van der Waals surface area contributed by atoms with Crippen LogP contribution in [-0.4, -0.2) is 19.5 Å². The summed E-state index contributed by atoms with van der Waals surface area (Å²) >= 11 is 4.64. The number of alkyl halides is 1. The average Bonchev–Trinajstić information content (AvgIpc) is 1.75. The molecule has 0 bridgehead atoms. The van der Waals surface area contributed by atoms with E-state index >= 15 is 0 Å². The van der Waals surface area contributed by atoms with Crippen LogP contribution in [0.2, 0.25) is 0 Å². The topological polar surface area (TPSA) is 12.0 Å². The summed E-state index contributed by atoms with van der Waals surface area (Å²) in [5.41, 5.74) is 0. The van der Waals surface area contributed by atoms with Crippen LogP contribution in [0, 0.1) is 0 Å². The first-order valence-corrected chi connectivity index (χ1v) is 3.26. The van der Waals surface area contributed by atoms with Gasteiger partial charge < -0.3 is 5.32 Å². The van der Waals surface area contributed by atoms with E-state index in [2.05, 4.69) is 30.8 Å². The Morgan fingerprint density at radius 3 is 1.43 bits per heavy atom. The van der Waals surface area contributed by atoms with Gasteiger partial charge in [-0.1, -0.05) is 13.8 Å². The second-order valence-electron chi connectivity index (χ2n) is 0.957. The number of hydrogen-bond donors (Lipinski definition) is 1. The van der Waals surface area contributed by atoms with Crippen molar-refractivity contribution in [3.8, 4) is 0 Å². The van der Waals surface area contributed by atoms with Crippen molar-refractivity contribution in [2.45, 2.75) is 13.8 Å². The Morgan fingerprint density at radius 1 is 1.14 bits per heavy atom. The van der Waals surface area contributed by atoms with Gasteiger partial charge in [-0.15, -0.1) is 11.6 Å². The predicted octanol–water partition coefficient (Wildman–Crippen LogP) is 1.47. The molecule has 1 N–H and O–H groups in total. The largest absolute Gasteiger partial charge is 0.317 e. The highest BCUT2D eigenvalue weighted by Gasteiger charge is 1.62.